The van der Waals surface area contributed by atoms with Crippen molar-refractivity contribution >= 4 is 11.5 Å². The molecule has 1 saturated carbocycles. The number of rotatable bonds is 4. The fourth-order valence-electron chi connectivity index (χ4n) is 2.65. The highest BCUT2D eigenvalue weighted by molar-refractivity contribution is 5.82. The molecule has 0 N–H and O–H groups in total. The zero-order chi connectivity index (χ0) is 13.8. The van der Waals surface area contributed by atoms with E-state index in [1.807, 2.05) is 0 Å². The van der Waals surface area contributed by atoms with Gasteiger partial charge >= 0.3 is 0 Å². The van der Waals surface area contributed by atoms with Crippen LogP contribution in [0.4, 0.5) is 5.69 Å². The number of ether oxygens (including phenoxy) is 1. The van der Waals surface area contributed by atoms with Crippen LogP contribution in [0.5, 0.6) is 0 Å². The monoisotopic (exact) mass is 263 g/mol. The first kappa shape index (κ1) is 13.7. The van der Waals surface area contributed by atoms with E-state index in [1.165, 1.54) is 12.1 Å². The van der Waals surface area contributed by atoms with Crippen molar-refractivity contribution < 1.29 is 14.5 Å². The first-order valence-electron chi connectivity index (χ1n) is 6.43. The van der Waals surface area contributed by atoms with Crippen molar-refractivity contribution in [1.82, 2.24) is 0 Å². The highest BCUT2D eigenvalue weighted by Gasteiger charge is 2.31. The minimum absolute atomic E-state index is 0.0496. The molecular weight excluding hydrogens is 246 g/mol. The Morgan fingerprint density at radius 1 is 1.32 bits per heavy atom. The number of benzene rings is 1. The van der Waals surface area contributed by atoms with Gasteiger partial charge in [-0.15, -0.1) is 0 Å². The zero-order valence-electron chi connectivity index (χ0n) is 10.9. The lowest BCUT2D eigenvalue weighted by molar-refractivity contribution is -0.384. The smallest absolute Gasteiger partial charge is 0.269 e. The van der Waals surface area contributed by atoms with Crippen molar-refractivity contribution in [2.75, 3.05) is 7.11 Å². The molecular formula is C14H17NO4. The van der Waals surface area contributed by atoms with Crippen LogP contribution in [0, 0.1) is 16.0 Å². The SMILES string of the molecule is COC(c1ccc([N+](=O)[O-])cc1)C1CCCCC1=O. The van der Waals surface area contributed by atoms with Gasteiger partial charge in [0.05, 0.1) is 11.0 Å². The topological polar surface area (TPSA) is 69.4 Å². The minimum atomic E-state index is -0.433. The molecule has 1 aromatic carbocycles. The Hall–Kier alpha value is -1.75. The number of carbonyl (C=O) groups is 1. The number of hydrogen-bond donors (Lipinski definition) is 0. The average Bonchev–Trinajstić information content (AvgIpc) is 2.42. The number of Topliss-reactive ketones (excluding diaryl/α,β-unsaturated/α-hetero) is 1. The van der Waals surface area contributed by atoms with E-state index in [0.29, 0.717) is 6.42 Å². The predicted octanol–water partition coefficient (Wildman–Crippen LogP) is 3.04. The van der Waals surface area contributed by atoms with Crippen LogP contribution >= 0.6 is 0 Å². The van der Waals surface area contributed by atoms with Gasteiger partial charge in [0, 0.05) is 31.6 Å². The Morgan fingerprint density at radius 2 is 2.00 bits per heavy atom. The maximum atomic E-state index is 12.0. The van der Waals surface area contributed by atoms with Crippen molar-refractivity contribution in [3.05, 3.63) is 39.9 Å². The largest absolute Gasteiger partial charge is 0.376 e. The second-order valence-corrected chi connectivity index (χ2v) is 4.82. The highest BCUT2D eigenvalue weighted by atomic mass is 16.6. The van der Waals surface area contributed by atoms with Gasteiger partial charge in [-0.25, -0.2) is 0 Å². The number of methoxy groups -OCH3 is 1. The lowest BCUT2D eigenvalue weighted by atomic mass is 9.81. The summed E-state index contributed by atoms with van der Waals surface area (Å²) in [6.07, 6.45) is 3.12. The van der Waals surface area contributed by atoms with E-state index < -0.39 is 4.92 Å². The Bertz CT molecular complexity index is 469. The van der Waals surface area contributed by atoms with E-state index in [4.69, 9.17) is 4.74 Å². The van der Waals surface area contributed by atoms with Crippen molar-refractivity contribution in [3.63, 3.8) is 0 Å². The standard InChI is InChI=1S/C14H17NO4/c1-19-14(12-4-2-3-5-13(12)16)10-6-8-11(9-7-10)15(17)18/h6-9,12,14H,2-5H2,1H3. The van der Waals surface area contributed by atoms with E-state index in [0.717, 1.165) is 24.8 Å². The molecule has 0 aliphatic heterocycles. The molecule has 0 amide bonds. The summed E-state index contributed by atoms with van der Waals surface area (Å²) in [7, 11) is 1.58. The number of hydrogen-bond acceptors (Lipinski definition) is 4. The summed E-state index contributed by atoms with van der Waals surface area (Å²) in [5.74, 6) is 0.108. The van der Waals surface area contributed by atoms with Gasteiger partial charge in [0.25, 0.3) is 5.69 Å². The molecule has 1 aliphatic rings. The summed E-state index contributed by atoms with van der Waals surface area (Å²) in [5.41, 5.74) is 0.877. The van der Waals surface area contributed by atoms with Gasteiger partial charge in [-0.2, -0.15) is 0 Å². The molecule has 2 atom stereocenters. The summed E-state index contributed by atoms with van der Waals surface area (Å²) >= 11 is 0. The highest BCUT2D eigenvalue weighted by Crippen LogP contribution is 2.34. The third-order valence-electron chi connectivity index (χ3n) is 3.65. The second kappa shape index (κ2) is 5.93. The molecule has 5 heteroatoms. The summed E-state index contributed by atoms with van der Waals surface area (Å²) < 4.78 is 5.46. The number of nitro groups is 1. The van der Waals surface area contributed by atoms with Crippen LogP contribution in [-0.2, 0) is 9.53 Å². The van der Waals surface area contributed by atoms with Gasteiger partial charge in [-0.05, 0) is 30.5 Å². The molecule has 0 radical (unpaired) electrons. The lowest BCUT2D eigenvalue weighted by Gasteiger charge is -2.28. The van der Waals surface area contributed by atoms with Crippen LogP contribution < -0.4 is 0 Å². The molecule has 102 valence electrons. The Labute approximate surface area is 111 Å². The van der Waals surface area contributed by atoms with Crippen LogP contribution in [0.15, 0.2) is 24.3 Å². The van der Waals surface area contributed by atoms with Crippen molar-refractivity contribution in [3.8, 4) is 0 Å². The van der Waals surface area contributed by atoms with Gasteiger partial charge in [0.2, 0.25) is 0 Å². The van der Waals surface area contributed by atoms with E-state index in [-0.39, 0.29) is 23.5 Å². The van der Waals surface area contributed by atoms with Gasteiger partial charge < -0.3 is 4.74 Å². The number of nitro benzene ring substituents is 1. The molecule has 19 heavy (non-hydrogen) atoms. The van der Waals surface area contributed by atoms with E-state index >= 15 is 0 Å². The summed E-state index contributed by atoms with van der Waals surface area (Å²) in [5, 5.41) is 10.6. The molecule has 1 aliphatic carbocycles. The third-order valence-corrected chi connectivity index (χ3v) is 3.65. The fraction of sp³-hybridized carbons (Fsp3) is 0.500. The molecule has 5 nitrogen and oxygen atoms in total. The second-order valence-electron chi connectivity index (χ2n) is 4.82. The molecule has 0 heterocycles. The van der Waals surface area contributed by atoms with Crippen LogP contribution in [0.2, 0.25) is 0 Å². The Balaban J connectivity index is 2.21. The molecule has 0 spiro atoms. The van der Waals surface area contributed by atoms with Crippen LogP contribution in [0.1, 0.15) is 37.4 Å². The molecule has 2 unspecified atom stereocenters. The molecule has 0 saturated heterocycles. The van der Waals surface area contributed by atoms with E-state index in [1.54, 1.807) is 19.2 Å². The molecule has 1 fully saturated rings. The van der Waals surface area contributed by atoms with E-state index in [2.05, 4.69) is 0 Å². The summed E-state index contributed by atoms with van der Waals surface area (Å²) in [6, 6.07) is 6.26. The van der Waals surface area contributed by atoms with Crippen molar-refractivity contribution in [2.45, 2.75) is 31.8 Å². The van der Waals surface area contributed by atoms with Crippen LogP contribution in [-0.4, -0.2) is 17.8 Å². The van der Waals surface area contributed by atoms with Gasteiger partial charge in [0.15, 0.2) is 0 Å². The number of non-ortho nitro benzene ring substituents is 1. The normalized spacial score (nSPS) is 21.1. The van der Waals surface area contributed by atoms with Crippen LogP contribution in [0.25, 0.3) is 0 Å². The molecule has 0 bridgehead atoms. The molecule has 2 rings (SSSR count). The minimum Gasteiger partial charge on any atom is -0.376 e. The van der Waals surface area contributed by atoms with Gasteiger partial charge in [-0.1, -0.05) is 6.42 Å². The van der Waals surface area contributed by atoms with E-state index in [9.17, 15) is 14.9 Å². The molecule has 1 aromatic rings. The third kappa shape index (κ3) is 2.98. The lowest BCUT2D eigenvalue weighted by Crippen LogP contribution is -2.26. The summed E-state index contributed by atoms with van der Waals surface area (Å²) in [4.78, 5) is 22.1. The van der Waals surface area contributed by atoms with Crippen molar-refractivity contribution in [1.29, 1.82) is 0 Å². The number of ketones is 1. The Morgan fingerprint density at radius 3 is 2.53 bits per heavy atom. The quantitative estimate of drug-likeness (QED) is 0.618. The number of nitrogens with zero attached hydrogens (tertiary/aromatic N) is 1. The van der Waals surface area contributed by atoms with Crippen molar-refractivity contribution in [2.24, 2.45) is 5.92 Å². The maximum absolute atomic E-state index is 12.0. The van der Waals surface area contributed by atoms with Gasteiger partial charge in [0.1, 0.15) is 5.78 Å². The average molecular weight is 263 g/mol. The van der Waals surface area contributed by atoms with Crippen LogP contribution in [0.3, 0.4) is 0 Å². The first-order valence-corrected chi connectivity index (χ1v) is 6.43. The predicted molar refractivity (Wildman–Crippen MR) is 69.8 cm³/mol. The number of carbonyl (C=O) groups excluding carboxylic acids is 1. The maximum Gasteiger partial charge on any atom is 0.269 e. The molecule has 0 aromatic heterocycles. The van der Waals surface area contributed by atoms with Gasteiger partial charge in [-0.3, -0.25) is 14.9 Å². The zero-order valence-corrected chi connectivity index (χ0v) is 10.9. The fourth-order valence-corrected chi connectivity index (χ4v) is 2.65. The Kier molecular flexibility index (Phi) is 4.27. The summed E-state index contributed by atoms with van der Waals surface area (Å²) in [6.45, 7) is 0. The first-order chi connectivity index (χ1) is 9.13.